The number of nitrogens with one attached hydrogen (secondary N) is 1. The summed E-state index contributed by atoms with van der Waals surface area (Å²) in [4.78, 5) is 10.2. The van der Waals surface area contributed by atoms with E-state index in [1.807, 2.05) is 0 Å². The molecule has 0 unspecified atom stereocenters. The summed E-state index contributed by atoms with van der Waals surface area (Å²) in [6.07, 6.45) is 2.19. The van der Waals surface area contributed by atoms with Crippen molar-refractivity contribution >= 4 is 11.4 Å². The van der Waals surface area contributed by atoms with Crippen molar-refractivity contribution in [2.75, 3.05) is 19.5 Å². The molecule has 1 aromatic rings. The van der Waals surface area contributed by atoms with Crippen molar-refractivity contribution in [3.05, 3.63) is 28.3 Å². The van der Waals surface area contributed by atoms with Crippen LogP contribution in [0.1, 0.15) is 12.8 Å². The van der Waals surface area contributed by atoms with E-state index in [0.29, 0.717) is 17.9 Å². The van der Waals surface area contributed by atoms with Gasteiger partial charge in [0.2, 0.25) is 0 Å². The lowest BCUT2D eigenvalue weighted by atomic mass is 9.89. The molecule has 0 amide bonds. The lowest BCUT2D eigenvalue weighted by Crippen LogP contribution is -2.40. The van der Waals surface area contributed by atoms with Gasteiger partial charge in [0, 0.05) is 19.2 Å². The number of nitro groups is 1. The number of benzene rings is 1. The Balaban J connectivity index is 2.06. The fraction of sp³-hybridized carbons (Fsp3) is 0.500. The number of nitrogens with zero attached hydrogens (tertiary/aromatic N) is 1. The van der Waals surface area contributed by atoms with Crippen LogP contribution in [0.15, 0.2) is 18.2 Å². The highest BCUT2D eigenvalue weighted by Gasteiger charge is 2.29. The smallest absolute Gasteiger partial charge is 0.273 e. The van der Waals surface area contributed by atoms with Crippen LogP contribution >= 0.6 is 0 Å². The van der Waals surface area contributed by atoms with E-state index in [9.17, 15) is 10.1 Å². The fourth-order valence-corrected chi connectivity index (χ4v) is 2.01. The molecule has 18 heavy (non-hydrogen) atoms. The zero-order valence-electron chi connectivity index (χ0n) is 10.4. The largest absolute Gasteiger partial charge is 0.494 e. The summed E-state index contributed by atoms with van der Waals surface area (Å²) >= 11 is 0. The SMILES string of the molecule is COc1cc([N+](=O)[O-])ccc1NC1CC(OC)C1. The van der Waals surface area contributed by atoms with Crippen LogP contribution in [-0.4, -0.2) is 31.3 Å². The molecule has 1 saturated carbocycles. The Kier molecular flexibility index (Phi) is 3.66. The molecule has 2 rings (SSSR count). The van der Waals surface area contributed by atoms with Gasteiger partial charge in [0.05, 0.1) is 29.9 Å². The van der Waals surface area contributed by atoms with Crippen molar-refractivity contribution in [2.24, 2.45) is 0 Å². The molecular formula is C12H16N2O4. The van der Waals surface area contributed by atoms with E-state index >= 15 is 0 Å². The van der Waals surface area contributed by atoms with Gasteiger partial charge in [-0.05, 0) is 18.9 Å². The summed E-state index contributed by atoms with van der Waals surface area (Å²) in [6, 6.07) is 4.91. The standard InChI is InChI=1S/C12H16N2O4/c1-17-10-5-8(6-10)13-11-4-3-9(14(15)16)7-12(11)18-2/h3-4,7-8,10,13H,5-6H2,1-2H3. The third kappa shape index (κ3) is 2.53. The van der Waals surface area contributed by atoms with E-state index in [-0.39, 0.29) is 5.69 Å². The number of anilines is 1. The molecule has 0 radical (unpaired) electrons. The van der Waals surface area contributed by atoms with Gasteiger partial charge in [-0.25, -0.2) is 0 Å². The summed E-state index contributed by atoms with van der Waals surface area (Å²) in [7, 11) is 3.20. The molecule has 1 aliphatic carbocycles. The van der Waals surface area contributed by atoms with Gasteiger partial charge in [0.25, 0.3) is 5.69 Å². The topological polar surface area (TPSA) is 73.6 Å². The molecular weight excluding hydrogens is 236 g/mol. The number of ether oxygens (including phenoxy) is 2. The van der Waals surface area contributed by atoms with Crippen molar-refractivity contribution in [3.63, 3.8) is 0 Å². The molecule has 0 bridgehead atoms. The Morgan fingerprint density at radius 1 is 1.39 bits per heavy atom. The predicted molar refractivity (Wildman–Crippen MR) is 67.1 cm³/mol. The van der Waals surface area contributed by atoms with Gasteiger partial charge >= 0.3 is 0 Å². The van der Waals surface area contributed by atoms with Crippen LogP contribution in [0.25, 0.3) is 0 Å². The Labute approximate surface area is 105 Å². The van der Waals surface area contributed by atoms with Crippen LogP contribution in [0.3, 0.4) is 0 Å². The summed E-state index contributed by atoms with van der Waals surface area (Å²) in [5.41, 5.74) is 0.809. The molecule has 1 aliphatic rings. The maximum atomic E-state index is 10.7. The average Bonchev–Trinajstić information content (AvgIpc) is 2.32. The number of hydrogen-bond donors (Lipinski definition) is 1. The quantitative estimate of drug-likeness (QED) is 0.642. The molecule has 0 spiro atoms. The highest BCUT2D eigenvalue weighted by molar-refractivity contribution is 5.61. The summed E-state index contributed by atoms with van der Waals surface area (Å²) in [5.74, 6) is 0.491. The monoisotopic (exact) mass is 252 g/mol. The van der Waals surface area contributed by atoms with Gasteiger partial charge in [-0.15, -0.1) is 0 Å². The first-order valence-corrected chi connectivity index (χ1v) is 5.75. The van der Waals surface area contributed by atoms with Gasteiger partial charge in [0.1, 0.15) is 5.75 Å². The number of rotatable bonds is 5. The van der Waals surface area contributed by atoms with Gasteiger partial charge in [-0.3, -0.25) is 10.1 Å². The van der Waals surface area contributed by atoms with E-state index in [4.69, 9.17) is 9.47 Å². The Bertz CT molecular complexity index is 444. The van der Waals surface area contributed by atoms with Crippen LogP contribution in [0.2, 0.25) is 0 Å². The highest BCUT2D eigenvalue weighted by Crippen LogP contribution is 2.33. The van der Waals surface area contributed by atoms with Crippen LogP contribution in [0.4, 0.5) is 11.4 Å². The van der Waals surface area contributed by atoms with Crippen LogP contribution < -0.4 is 10.1 Å². The van der Waals surface area contributed by atoms with E-state index in [1.54, 1.807) is 13.2 Å². The number of non-ortho nitro benzene ring substituents is 1. The molecule has 6 nitrogen and oxygen atoms in total. The minimum absolute atomic E-state index is 0.0285. The molecule has 98 valence electrons. The van der Waals surface area contributed by atoms with E-state index in [2.05, 4.69) is 5.32 Å². The van der Waals surface area contributed by atoms with Crippen LogP contribution in [-0.2, 0) is 4.74 Å². The van der Waals surface area contributed by atoms with Crippen molar-refractivity contribution in [1.29, 1.82) is 0 Å². The maximum Gasteiger partial charge on any atom is 0.273 e. The molecule has 0 atom stereocenters. The van der Waals surface area contributed by atoms with Gasteiger partial charge < -0.3 is 14.8 Å². The molecule has 1 fully saturated rings. The fourth-order valence-electron chi connectivity index (χ4n) is 2.01. The van der Waals surface area contributed by atoms with E-state index in [1.165, 1.54) is 19.2 Å². The third-order valence-electron chi connectivity index (χ3n) is 3.18. The van der Waals surface area contributed by atoms with Crippen LogP contribution in [0.5, 0.6) is 5.75 Å². The zero-order chi connectivity index (χ0) is 13.1. The maximum absolute atomic E-state index is 10.7. The van der Waals surface area contributed by atoms with E-state index < -0.39 is 4.92 Å². The lowest BCUT2D eigenvalue weighted by molar-refractivity contribution is -0.384. The Hall–Kier alpha value is -1.82. The molecule has 0 saturated heterocycles. The molecule has 6 heteroatoms. The van der Waals surface area contributed by atoms with Crippen molar-refractivity contribution in [3.8, 4) is 5.75 Å². The zero-order valence-corrected chi connectivity index (χ0v) is 10.4. The molecule has 0 aromatic heterocycles. The summed E-state index contributed by atoms with van der Waals surface area (Å²) in [6.45, 7) is 0. The number of nitro benzene ring substituents is 1. The van der Waals surface area contributed by atoms with Gasteiger partial charge in [-0.2, -0.15) is 0 Å². The first kappa shape index (κ1) is 12.6. The molecule has 0 heterocycles. The molecule has 0 aliphatic heterocycles. The summed E-state index contributed by atoms with van der Waals surface area (Å²) < 4.78 is 10.4. The molecule has 1 aromatic carbocycles. The Morgan fingerprint density at radius 2 is 2.11 bits per heavy atom. The number of methoxy groups -OCH3 is 2. The second kappa shape index (κ2) is 5.22. The van der Waals surface area contributed by atoms with Gasteiger partial charge in [-0.1, -0.05) is 0 Å². The van der Waals surface area contributed by atoms with Crippen LogP contribution in [0, 0.1) is 10.1 Å². The Morgan fingerprint density at radius 3 is 2.67 bits per heavy atom. The third-order valence-corrected chi connectivity index (χ3v) is 3.18. The average molecular weight is 252 g/mol. The van der Waals surface area contributed by atoms with E-state index in [0.717, 1.165) is 18.5 Å². The minimum atomic E-state index is -0.434. The number of hydrogen-bond acceptors (Lipinski definition) is 5. The lowest BCUT2D eigenvalue weighted by Gasteiger charge is -2.35. The van der Waals surface area contributed by atoms with Crippen molar-refractivity contribution < 1.29 is 14.4 Å². The minimum Gasteiger partial charge on any atom is -0.494 e. The van der Waals surface area contributed by atoms with Crippen molar-refractivity contribution in [1.82, 2.24) is 0 Å². The molecule has 1 N–H and O–H groups in total. The van der Waals surface area contributed by atoms with Gasteiger partial charge in [0.15, 0.2) is 0 Å². The predicted octanol–water partition coefficient (Wildman–Crippen LogP) is 2.19. The second-order valence-electron chi connectivity index (χ2n) is 4.31. The summed E-state index contributed by atoms with van der Waals surface area (Å²) in [5, 5.41) is 14.0. The van der Waals surface area contributed by atoms with Crippen molar-refractivity contribution in [2.45, 2.75) is 25.0 Å². The normalized spacial score (nSPS) is 22.1. The second-order valence-corrected chi connectivity index (χ2v) is 4.31. The first-order valence-electron chi connectivity index (χ1n) is 5.75. The highest BCUT2D eigenvalue weighted by atomic mass is 16.6. The first-order chi connectivity index (χ1) is 8.63.